The maximum atomic E-state index is 12.9. The largest absolute Gasteiger partial charge is 0.459 e. The maximum Gasteiger partial charge on any atom is 0.286 e. The number of carbonyl (C=O) groups excluding carboxylic acids is 2. The minimum Gasteiger partial charge on any atom is -0.459 e. The number of furan rings is 1. The fourth-order valence-corrected chi connectivity index (χ4v) is 4.28. The second kappa shape index (κ2) is 9.83. The minimum atomic E-state index is -0.193. The van der Waals surface area contributed by atoms with E-state index in [1.165, 1.54) is 11.2 Å². The molecule has 0 radical (unpaired) electrons. The van der Waals surface area contributed by atoms with Crippen LogP contribution in [0.15, 0.2) is 56.4 Å². The number of hydrogen-bond acceptors (Lipinski definition) is 8. The molecule has 0 aliphatic carbocycles. The molecule has 0 saturated carbocycles. The Morgan fingerprint density at radius 2 is 1.97 bits per heavy atom. The summed E-state index contributed by atoms with van der Waals surface area (Å²) in [5, 5.41) is 12.3. The lowest BCUT2D eigenvalue weighted by molar-refractivity contribution is -0.120. The molecule has 1 fully saturated rings. The van der Waals surface area contributed by atoms with E-state index in [4.69, 9.17) is 8.83 Å². The molecule has 0 atom stereocenters. The van der Waals surface area contributed by atoms with Crippen LogP contribution in [-0.4, -0.2) is 48.2 Å². The molecule has 9 nitrogen and oxygen atoms in total. The Balaban J connectivity index is 1.40. The lowest BCUT2D eigenvalue weighted by Gasteiger charge is -2.31. The number of aromatic nitrogens is 1. The Labute approximate surface area is 195 Å². The number of nitrogens with zero attached hydrogens (tertiary/aromatic N) is 4. The number of oxazole rings is 1. The first kappa shape index (κ1) is 22.5. The summed E-state index contributed by atoms with van der Waals surface area (Å²) >= 11 is 1.08. The average Bonchev–Trinajstić information content (AvgIpc) is 3.50. The topological polar surface area (TPSA) is 116 Å². The molecule has 1 saturated heterocycles. The van der Waals surface area contributed by atoms with Crippen LogP contribution in [-0.2, 0) is 4.79 Å². The normalized spacial score (nSPS) is 14.0. The highest BCUT2D eigenvalue weighted by molar-refractivity contribution is 8.13. The monoisotopic (exact) mass is 465 g/mol. The Bertz CT molecular complexity index is 1170. The first-order valence-corrected chi connectivity index (χ1v) is 11.3. The van der Waals surface area contributed by atoms with E-state index < -0.39 is 0 Å². The number of piperidine rings is 1. The fraction of sp³-hybridized carbons (Fsp3) is 0.304. The predicted octanol–water partition coefficient (Wildman–Crippen LogP) is 4.44. The first-order chi connectivity index (χ1) is 16.0. The van der Waals surface area contributed by atoms with Crippen LogP contribution in [0.5, 0.6) is 0 Å². The maximum absolute atomic E-state index is 12.9. The van der Waals surface area contributed by atoms with E-state index in [1.54, 1.807) is 32.3 Å². The van der Waals surface area contributed by atoms with E-state index in [2.05, 4.69) is 16.4 Å². The number of hydrogen-bond donors (Lipinski definition) is 1. The quantitative estimate of drug-likeness (QED) is 0.550. The molecular weight excluding hydrogens is 442 g/mol. The van der Waals surface area contributed by atoms with Crippen molar-refractivity contribution in [1.82, 2.24) is 9.88 Å². The molecule has 1 N–H and O–H groups in total. The number of para-hydroxylation sites is 1. The number of nitrogens with one attached hydrogen (secondary N) is 1. The zero-order valence-corrected chi connectivity index (χ0v) is 19.1. The summed E-state index contributed by atoms with van der Waals surface area (Å²) in [6, 6.07) is 12.8. The van der Waals surface area contributed by atoms with Crippen molar-refractivity contribution in [1.29, 1.82) is 5.26 Å². The molecule has 33 heavy (non-hydrogen) atoms. The van der Waals surface area contributed by atoms with E-state index in [-0.39, 0.29) is 28.6 Å². The van der Waals surface area contributed by atoms with Gasteiger partial charge in [-0.1, -0.05) is 12.1 Å². The molecular formula is C23H23N5O4S. The van der Waals surface area contributed by atoms with E-state index in [0.29, 0.717) is 48.2 Å². The second-order valence-corrected chi connectivity index (χ2v) is 8.76. The van der Waals surface area contributed by atoms with E-state index >= 15 is 0 Å². The molecule has 0 spiro atoms. The lowest BCUT2D eigenvalue weighted by atomic mass is 9.96. The third kappa shape index (κ3) is 5.04. The standard InChI is InChI=1S/C23H23N5O4S/c1-27(2)23(30)33-19-8-4-3-6-16(19)25-20(29)15-9-11-28(12-10-15)22-17(14-24)26-21(32-22)18-7-5-13-31-18/h3-8,13,15H,9-12H2,1-2H3,(H,25,29). The van der Waals surface area contributed by atoms with Gasteiger partial charge in [0.2, 0.25) is 17.5 Å². The highest BCUT2D eigenvalue weighted by Crippen LogP contribution is 2.33. The Morgan fingerprint density at radius 1 is 1.21 bits per heavy atom. The smallest absolute Gasteiger partial charge is 0.286 e. The Hall–Kier alpha value is -3.71. The van der Waals surface area contributed by atoms with Gasteiger partial charge in [-0.3, -0.25) is 9.59 Å². The lowest BCUT2D eigenvalue weighted by Crippen LogP contribution is -2.38. The summed E-state index contributed by atoms with van der Waals surface area (Å²) in [6.07, 6.45) is 2.71. The van der Waals surface area contributed by atoms with Crippen LogP contribution in [0, 0.1) is 17.2 Å². The fourth-order valence-electron chi connectivity index (χ4n) is 3.53. The molecule has 4 rings (SSSR count). The van der Waals surface area contributed by atoms with Gasteiger partial charge in [0.25, 0.3) is 11.1 Å². The number of anilines is 2. The van der Waals surface area contributed by atoms with Gasteiger partial charge in [-0.2, -0.15) is 10.2 Å². The number of carbonyl (C=O) groups is 2. The van der Waals surface area contributed by atoms with Crippen LogP contribution in [0.4, 0.5) is 16.4 Å². The third-order valence-electron chi connectivity index (χ3n) is 5.31. The summed E-state index contributed by atoms with van der Waals surface area (Å²) in [6.45, 7) is 1.10. The van der Waals surface area contributed by atoms with E-state index in [9.17, 15) is 14.9 Å². The number of nitriles is 1. The Morgan fingerprint density at radius 3 is 2.64 bits per heavy atom. The van der Waals surface area contributed by atoms with Crippen LogP contribution >= 0.6 is 11.8 Å². The van der Waals surface area contributed by atoms with Gasteiger partial charge >= 0.3 is 0 Å². The van der Waals surface area contributed by atoms with Crippen molar-refractivity contribution in [3.8, 4) is 17.7 Å². The molecule has 2 amide bonds. The van der Waals surface area contributed by atoms with Gasteiger partial charge in [0, 0.05) is 38.0 Å². The summed E-state index contributed by atoms with van der Waals surface area (Å²) < 4.78 is 11.1. The second-order valence-electron chi connectivity index (χ2n) is 7.77. The van der Waals surface area contributed by atoms with Crippen LogP contribution in [0.2, 0.25) is 0 Å². The number of amides is 2. The number of rotatable bonds is 5. The van der Waals surface area contributed by atoms with Gasteiger partial charge in [0.15, 0.2) is 5.76 Å². The van der Waals surface area contributed by atoms with Crippen LogP contribution in [0.1, 0.15) is 18.5 Å². The van der Waals surface area contributed by atoms with Crippen LogP contribution < -0.4 is 10.2 Å². The molecule has 0 bridgehead atoms. The van der Waals surface area contributed by atoms with Crippen molar-refractivity contribution in [2.24, 2.45) is 5.92 Å². The van der Waals surface area contributed by atoms with Crippen molar-refractivity contribution in [3.63, 3.8) is 0 Å². The van der Waals surface area contributed by atoms with Crippen molar-refractivity contribution in [2.75, 3.05) is 37.4 Å². The zero-order chi connectivity index (χ0) is 23.4. The van der Waals surface area contributed by atoms with Gasteiger partial charge in [0.05, 0.1) is 12.0 Å². The van der Waals surface area contributed by atoms with Gasteiger partial charge in [-0.25, -0.2) is 0 Å². The molecule has 0 unspecified atom stereocenters. The van der Waals surface area contributed by atoms with Crippen molar-refractivity contribution in [2.45, 2.75) is 17.7 Å². The SMILES string of the molecule is CN(C)C(=O)Sc1ccccc1NC(=O)C1CCN(c2oc(-c3ccco3)nc2C#N)CC1. The molecule has 3 heterocycles. The zero-order valence-electron chi connectivity index (χ0n) is 18.3. The Kier molecular flexibility index (Phi) is 6.70. The molecule has 2 aromatic heterocycles. The molecule has 10 heteroatoms. The minimum absolute atomic E-state index is 0.0886. The summed E-state index contributed by atoms with van der Waals surface area (Å²) in [4.78, 5) is 33.4. The van der Waals surface area contributed by atoms with Gasteiger partial charge in [-0.05, 0) is 48.9 Å². The molecule has 170 valence electrons. The van der Waals surface area contributed by atoms with Gasteiger partial charge in [-0.15, -0.1) is 0 Å². The van der Waals surface area contributed by atoms with Gasteiger partial charge < -0.3 is 24.0 Å². The first-order valence-electron chi connectivity index (χ1n) is 10.4. The van der Waals surface area contributed by atoms with Gasteiger partial charge in [0.1, 0.15) is 6.07 Å². The highest BCUT2D eigenvalue weighted by atomic mass is 32.2. The van der Waals surface area contributed by atoms with Crippen LogP contribution in [0.25, 0.3) is 11.7 Å². The average molecular weight is 466 g/mol. The van der Waals surface area contributed by atoms with Crippen molar-refractivity contribution in [3.05, 3.63) is 48.4 Å². The van der Waals surface area contributed by atoms with E-state index in [0.717, 1.165) is 11.8 Å². The van der Waals surface area contributed by atoms with Crippen molar-refractivity contribution < 1.29 is 18.4 Å². The highest BCUT2D eigenvalue weighted by Gasteiger charge is 2.29. The predicted molar refractivity (Wildman–Crippen MR) is 124 cm³/mol. The third-order valence-corrected chi connectivity index (χ3v) is 6.42. The molecule has 3 aromatic rings. The molecule has 1 aliphatic rings. The summed E-state index contributed by atoms with van der Waals surface area (Å²) in [7, 11) is 3.38. The number of benzene rings is 1. The summed E-state index contributed by atoms with van der Waals surface area (Å²) in [5.41, 5.74) is 0.816. The molecule has 1 aliphatic heterocycles. The summed E-state index contributed by atoms with van der Waals surface area (Å²) in [5.74, 6) is 0.826. The molecule has 1 aromatic carbocycles. The van der Waals surface area contributed by atoms with Crippen LogP contribution in [0.3, 0.4) is 0 Å². The van der Waals surface area contributed by atoms with Crippen molar-refractivity contribution >= 4 is 34.5 Å². The number of thioether (sulfide) groups is 1. The van der Waals surface area contributed by atoms with E-state index in [1.807, 2.05) is 23.1 Å².